The van der Waals surface area contributed by atoms with Gasteiger partial charge in [-0.15, -0.1) is 11.6 Å². The number of anilines is 1. The maximum absolute atomic E-state index is 12.9. The first-order valence-electron chi connectivity index (χ1n) is 9.87. The maximum atomic E-state index is 12.9. The molecule has 0 aromatic heterocycles. The van der Waals surface area contributed by atoms with Crippen LogP contribution in [0.15, 0.2) is 29.3 Å². The molecule has 2 heterocycles. The Bertz CT molecular complexity index is 1000. The molecule has 7 heteroatoms. The van der Waals surface area contributed by atoms with Crippen LogP contribution in [0.5, 0.6) is 5.75 Å². The van der Waals surface area contributed by atoms with Gasteiger partial charge in [-0.1, -0.05) is 30.8 Å². The van der Waals surface area contributed by atoms with Crippen LogP contribution in [-0.2, 0) is 4.74 Å². The van der Waals surface area contributed by atoms with Crippen molar-refractivity contribution in [1.29, 1.82) is 0 Å². The average Bonchev–Trinajstić information content (AvgIpc) is 3.04. The van der Waals surface area contributed by atoms with Crippen molar-refractivity contribution in [1.82, 2.24) is 0 Å². The van der Waals surface area contributed by atoms with Gasteiger partial charge in [-0.2, -0.15) is 0 Å². The lowest BCUT2D eigenvalue weighted by Crippen LogP contribution is -2.36. The minimum absolute atomic E-state index is 0.0309. The quantitative estimate of drug-likeness (QED) is 0.523. The fourth-order valence-corrected chi connectivity index (χ4v) is 4.70. The third-order valence-corrected chi connectivity index (χ3v) is 6.27. The second kappa shape index (κ2) is 7.73. The first kappa shape index (κ1) is 20.4. The third kappa shape index (κ3) is 3.80. The lowest BCUT2D eigenvalue weighted by Gasteiger charge is -2.25. The van der Waals surface area contributed by atoms with Crippen molar-refractivity contribution in [2.45, 2.75) is 45.6 Å². The number of nitrogens with zero attached hydrogens (tertiary/aromatic N) is 2. The number of amides is 1. The van der Waals surface area contributed by atoms with Crippen molar-refractivity contribution in [2.24, 2.45) is 4.99 Å². The molecule has 4 rings (SSSR count). The number of halogens is 1. The number of benzene rings is 2. The summed E-state index contributed by atoms with van der Waals surface area (Å²) in [5.74, 6) is 2.12. The highest BCUT2D eigenvalue weighted by Crippen LogP contribution is 2.49. The van der Waals surface area contributed by atoms with Gasteiger partial charge in [0.2, 0.25) is 0 Å². The normalized spacial score (nSPS) is 17.8. The number of hydrogen-bond donors (Lipinski definition) is 0. The monoisotopic (exact) mass is 432 g/mol. The number of aliphatic imine (C=N–C) groups is 1. The Balaban J connectivity index is 1.83. The number of alkyl halides is 1. The van der Waals surface area contributed by atoms with Crippen LogP contribution in [0.1, 0.15) is 45.6 Å². The molecule has 0 aliphatic carbocycles. The zero-order valence-electron chi connectivity index (χ0n) is 17.1. The molecule has 1 unspecified atom stereocenters. The van der Waals surface area contributed by atoms with Gasteiger partial charge in [0.25, 0.3) is 5.23 Å². The van der Waals surface area contributed by atoms with Crippen LogP contribution in [0.25, 0.3) is 10.8 Å². The van der Waals surface area contributed by atoms with Crippen LogP contribution in [-0.4, -0.2) is 35.1 Å². The van der Waals surface area contributed by atoms with Crippen LogP contribution in [0.4, 0.5) is 16.2 Å². The van der Waals surface area contributed by atoms with Crippen LogP contribution >= 0.6 is 23.4 Å². The van der Waals surface area contributed by atoms with Crippen molar-refractivity contribution in [3.8, 4) is 5.75 Å². The van der Waals surface area contributed by atoms with E-state index >= 15 is 0 Å². The molecule has 5 nitrogen and oxygen atoms in total. The molecule has 2 aliphatic heterocycles. The molecule has 0 saturated heterocycles. The van der Waals surface area contributed by atoms with Crippen molar-refractivity contribution in [2.75, 3.05) is 23.1 Å². The lowest BCUT2D eigenvalue weighted by molar-refractivity contribution is 0.0582. The number of carbonyl (C=O) groups is 1. The molecule has 0 N–H and O–H groups in total. The van der Waals surface area contributed by atoms with E-state index in [2.05, 4.69) is 13.0 Å². The molecule has 0 spiro atoms. The summed E-state index contributed by atoms with van der Waals surface area (Å²) >= 11 is 7.91. The summed E-state index contributed by atoms with van der Waals surface area (Å²) in [6.07, 6.45) is 0.678. The summed E-state index contributed by atoms with van der Waals surface area (Å²) in [6.45, 7) is 8.23. The first-order valence-corrected chi connectivity index (χ1v) is 11.4. The van der Waals surface area contributed by atoms with E-state index in [1.165, 1.54) is 0 Å². The molecule has 2 aromatic rings. The Labute approximate surface area is 180 Å². The second-order valence-corrected chi connectivity index (χ2v) is 9.63. The van der Waals surface area contributed by atoms with Gasteiger partial charge in [0.15, 0.2) is 0 Å². The highest BCUT2D eigenvalue weighted by Gasteiger charge is 2.37. The van der Waals surface area contributed by atoms with Gasteiger partial charge < -0.3 is 9.47 Å². The van der Waals surface area contributed by atoms with Gasteiger partial charge >= 0.3 is 6.09 Å². The average molecular weight is 433 g/mol. The zero-order chi connectivity index (χ0) is 20.8. The Kier molecular flexibility index (Phi) is 5.42. The summed E-state index contributed by atoms with van der Waals surface area (Å²) in [5.41, 5.74) is 2.21. The Morgan fingerprint density at radius 3 is 2.90 bits per heavy atom. The molecule has 0 bridgehead atoms. The first-order chi connectivity index (χ1) is 13.8. The molecule has 1 amide bonds. The zero-order valence-corrected chi connectivity index (χ0v) is 18.7. The molecule has 0 radical (unpaired) electrons. The second-order valence-electron chi connectivity index (χ2n) is 8.28. The number of ether oxygens (including phenoxy) is 2. The van der Waals surface area contributed by atoms with E-state index in [9.17, 15) is 4.79 Å². The number of hydrogen-bond acceptors (Lipinski definition) is 5. The smallest absolute Gasteiger partial charge is 0.414 e. The van der Waals surface area contributed by atoms with Crippen LogP contribution in [0.2, 0.25) is 0 Å². The Morgan fingerprint density at radius 1 is 1.41 bits per heavy atom. The predicted molar refractivity (Wildman–Crippen MR) is 121 cm³/mol. The SMILES string of the molecule is CCCSC1=Nc2cccc3c4c(cc(c23)O1)N(C(=O)OC(C)(C)C)CC4CCl. The van der Waals surface area contributed by atoms with E-state index in [1.54, 1.807) is 16.7 Å². The van der Waals surface area contributed by atoms with Gasteiger partial charge in [0, 0.05) is 30.2 Å². The molecule has 0 fully saturated rings. The van der Waals surface area contributed by atoms with E-state index in [1.807, 2.05) is 39.0 Å². The molecular formula is C22H25ClN2O3S. The standard InChI is InChI=1S/C22H25ClN2O3S/c1-5-9-29-20-24-15-8-6-7-14-18-13(11-23)12-25(21(26)28-22(2,3)4)16(18)10-17(27-20)19(14)15/h6-8,10,13H,5,9,11-12H2,1-4H3. The van der Waals surface area contributed by atoms with Crippen LogP contribution in [0.3, 0.4) is 0 Å². The van der Waals surface area contributed by atoms with Crippen LogP contribution < -0.4 is 9.64 Å². The van der Waals surface area contributed by atoms with Crippen LogP contribution in [0, 0.1) is 0 Å². The van der Waals surface area contributed by atoms with Gasteiger partial charge in [-0.05, 0) is 44.2 Å². The molecule has 1 atom stereocenters. The number of rotatable bonds is 3. The van der Waals surface area contributed by atoms with E-state index in [4.69, 9.17) is 26.1 Å². The van der Waals surface area contributed by atoms with Crippen molar-refractivity contribution < 1.29 is 14.3 Å². The maximum Gasteiger partial charge on any atom is 0.414 e. The van der Waals surface area contributed by atoms with E-state index in [0.29, 0.717) is 17.7 Å². The van der Waals surface area contributed by atoms with E-state index in [-0.39, 0.29) is 12.0 Å². The van der Waals surface area contributed by atoms with Crippen molar-refractivity contribution in [3.05, 3.63) is 29.8 Å². The van der Waals surface area contributed by atoms with E-state index < -0.39 is 5.60 Å². The summed E-state index contributed by atoms with van der Waals surface area (Å²) in [5, 5.41) is 2.66. The summed E-state index contributed by atoms with van der Waals surface area (Å²) < 4.78 is 11.8. The van der Waals surface area contributed by atoms with E-state index in [0.717, 1.165) is 45.6 Å². The fraction of sp³-hybridized carbons (Fsp3) is 0.455. The third-order valence-electron chi connectivity index (χ3n) is 4.86. The number of thioether (sulfide) groups is 1. The topological polar surface area (TPSA) is 51.1 Å². The fourth-order valence-electron chi connectivity index (χ4n) is 3.75. The van der Waals surface area contributed by atoms with Gasteiger partial charge in [-0.3, -0.25) is 4.90 Å². The highest BCUT2D eigenvalue weighted by atomic mass is 35.5. The summed E-state index contributed by atoms with van der Waals surface area (Å²) in [4.78, 5) is 19.3. The van der Waals surface area contributed by atoms with Gasteiger partial charge in [0.1, 0.15) is 11.4 Å². The molecule has 154 valence electrons. The highest BCUT2D eigenvalue weighted by molar-refractivity contribution is 8.13. The lowest BCUT2D eigenvalue weighted by atomic mass is 9.94. The largest absolute Gasteiger partial charge is 0.443 e. The predicted octanol–water partition coefficient (Wildman–Crippen LogP) is 6.44. The molecule has 0 saturated carbocycles. The molecular weight excluding hydrogens is 408 g/mol. The summed E-state index contributed by atoms with van der Waals surface area (Å²) in [7, 11) is 0. The number of fused-ring (bicyclic) bond motifs is 2. The number of carbonyl (C=O) groups excluding carboxylic acids is 1. The van der Waals surface area contributed by atoms with Crippen molar-refractivity contribution >= 4 is 56.8 Å². The Morgan fingerprint density at radius 2 is 2.21 bits per heavy atom. The minimum Gasteiger partial charge on any atom is -0.443 e. The Hall–Kier alpha value is -1.92. The summed E-state index contributed by atoms with van der Waals surface area (Å²) in [6, 6.07) is 8.00. The van der Waals surface area contributed by atoms with Gasteiger partial charge in [0.05, 0.1) is 16.8 Å². The minimum atomic E-state index is -0.568. The van der Waals surface area contributed by atoms with Gasteiger partial charge in [-0.25, -0.2) is 9.79 Å². The molecule has 2 aliphatic rings. The van der Waals surface area contributed by atoms with Crippen molar-refractivity contribution in [3.63, 3.8) is 0 Å². The molecule has 29 heavy (non-hydrogen) atoms. The molecule has 2 aromatic carbocycles.